The molecule has 20 heavy (non-hydrogen) atoms. The Morgan fingerprint density at radius 2 is 2.15 bits per heavy atom. The van der Waals surface area contributed by atoms with Gasteiger partial charge in [0.25, 0.3) is 0 Å². The number of ether oxygens (including phenoxy) is 2. The Morgan fingerprint density at radius 1 is 1.35 bits per heavy atom. The molecule has 3 nitrogen and oxygen atoms in total. The van der Waals surface area contributed by atoms with E-state index in [4.69, 9.17) is 9.47 Å². The van der Waals surface area contributed by atoms with E-state index in [1.54, 1.807) is 0 Å². The number of benzene rings is 1. The van der Waals surface area contributed by atoms with E-state index in [1.165, 1.54) is 11.1 Å². The summed E-state index contributed by atoms with van der Waals surface area (Å²) in [6.45, 7) is 7.88. The zero-order valence-electron chi connectivity index (χ0n) is 13.2. The van der Waals surface area contributed by atoms with E-state index in [0.717, 1.165) is 38.2 Å². The van der Waals surface area contributed by atoms with Gasteiger partial charge in [-0.1, -0.05) is 12.1 Å². The van der Waals surface area contributed by atoms with Crippen molar-refractivity contribution in [3.8, 4) is 5.75 Å². The van der Waals surface area contributed by atoms with Crippen LogP contribution >= 0.6 is 0 Å². The molecular weight excluding hydrogens is 250 g/mol. The molecule has 0 saturated heterocycles. The fourth-order valence-corrected chi connectivity index (χ4v) is 2.40. The smallest absolute Gasteiger partial charge is 0.122 e. The van der Waals surface area contributed by atoms with Crippen LogP contribution in [0.4, 0.5) is 0 Å². The first-order chi connectivity index (χ1) is 9.48. The topological polar surface area (TPSA) is 30.5 Å². The Bertz CT molecular complexity index is 437. The predicted octanol–water partition coefficient (Wildman–Crippen LogP) is 2.96. The van der Waals surface area contributed by atoms with Crippen molar-refractivity contribution in [2.45, 2.75) is 51.7 Å². The predicted molar refractivity (Wildman–Crippen MR) is 82.5 cm³/mol. The van der Waals surface area contributed by atoms with Gasteiger partial charge in [0.2, 0.25) is 0 Å². The summed E-state index contributed by atoms with van der Waals surface area (Å²) in [5.41, 5.74) is 2.68. The molecule has 0 aromatic heterocycles. The molecule has 0 bridgehead atoms. The average Bonchev–Trinajstić information content (AvgIpc) is 2.85. The number of likely N-dealkylation sites (N-methyl/N-ethyl adjacent to an activating group) is 1. The van der Waals surface area contributed by atoms with E-state index < -0.39 is 0 Å². The standard InChI is InChI=1S/C17H27NO2/c1-17(2,3)20-12-15(18-4)7-5-13-6-8-16-14(11-13)9-10-19-16/h6,8,11,15,18H,5,7,9-10,12H2,1-4H3. The molecule has 0 aliphatic carbocycles. The maximum absolute atomic E-state index is 5.86. The van der Waals surface area contributed by atoms with Crippen LogP contribution in [0, 0.1) is 0 Å². The first kappa shape index (κ1) is 15.3. The van der Waals surface area contributed by atoms with Gasteiger partial charge in [0.15, 0.2) is 0 Å². The van der Waals surface area contributed by atoms with E-state index in [1.807, 2.05) is 7.05 Å². The molecule has 0 saturated carbocycles. The van der Waals surface area contributed by atoms with Gasteiger partial charge >= 0.3 is 0 Å². The Kier molecular flexibility index (Phi) is 5.06. The number of hydrogen-bond donors (Lipinski definition) is 1. The third-order valence-electron chi connectivity index (χ3n) is 3.66. The lowest BCUT2D eigenvalue weighted by molar-refractivity contribution is -0.0144. The number of rotatable bonds is 6. The highest BCUT2D eigenvalue weighted by Gasteiger charge is 2.15. The molecule has 1 N–H and O–H groups in total. The summed E-state index contributed by atoms with van der Waals surface area (Å²) in [5.74, 6) is 1.06. The Labute approximate surface area is 122 Å². The van der Waals surface area contributed by atoms with Crippen molar-refractivity contribution in [3.05, 3.63) is 29.3 Å². The van der Waals surface area contributed by atoms with Crippen molar-refractivity contribution < 1.29 is 9.47 Å². The summed E-state index contributed by atoms with van der Waals surface area (Å²) in [5, 5.41) is 3.35. The molecule has 1 aliphatic rings. The molecule has 1 aromatic carbocycles. The quantitative estimate of drug-likeness (QED) is 0.867. The van der Waals surface area contributed by atoms with Gasteiger partial charge in [-0.3, -0.25) is 0 Å². The first-order valence-electron chi connectivity index (χ1n) is 7.54. The van der Waals surface area contributed by atoms with Crippen molar-refractivity contribution in [2.75, 3.05) is 20.3 Å². The normalized spacial score (nSPS) is 15.8. The minimum absolute atomic E-state index is 0.0694. The maximum Gasteiger partial charge on any atom is 0.122 e. The number of nitrogens with one attached hydrogen (secondary N) is 1. The van der Waals surface area contributed by atoms with Gasteiger partial charge in [0, 0.05) is 12.5 Å². The number of fused-ring (bicyclic) bond motifs is 1. The van der Waals surface area contributed by atoms with Gasteiger partial charge in [-0.25, -0.2) is 0 Å². The van der Waals surface area contributed by atoms with Crippen LogP contribution in [0.15, 0.2) is 18.2 Å². The van der Waals surface area contributed by atoms with Crippen LogP contribution < -0.4 is 10.1 Å². The summed E-state index contributed by atoms with van der Waals surface area (Å²) in [6.07, 6.45) is 3.21. The number of aryl methyl sites for hydroxylation is 1. The zero-order valence-corrected chi connectivity index (χ0v) is 13.2. The summed E-state index contributed by atoms with van der Waals surface area (Å²) >= 11 is 0. The Balaban J connectivity index is 1.83. The fourth-order valence-electron chi connectivity index (χ4n) is 2.40. The van der Waals surface area contributed by atoms with Crippen LogP contribution in [0.25, 0.3) is 0 Å². The lowest BCUT2D eigenvalue weighted by Crippen LogP contribution is -2.34. The van der Waals surface area contributed by atoms with Crippen LogP contribution in [0.1, 0.15) is 38.3 Å². The van der Waals surface area contributed by atoms with E-state index >= 15 is 0 Å². The van der Waals surface area contributed by atoms with Crippen LogP contribution in [-0.2, 0) is 17.6 Å². The minimum atomic E-state index is -0.0694. The van der Waals surface area contributed by atoms with Crippen LogP contribution in [0.2, 0.25) is 0 Å². The molecule has 1 atom stereocenters. The molecular formula is C17H27NO2. The van der Waals surface area contributed by atoms with Crippen molar-refractivity contribution in [1.29, 1.82) is 0 Å². The van der Waals surface area contributed by atoms with Gasteiger partial charge in [-0.2, -0.15) is 0 Å². The third-order valence-corrected chi connectivity index (χ3v) is 3.66. The van der Waals surface area contributed by atoms with E-state index in [9.17, 15) is 0 Å². The van der Waals surface area contributed by atoms with Gasteiger partial charge in [0.1, 0.15) is 5.75 Å². The van der Waals surface area contributed by atoms with E-state index in [2.05, 4.69) is 44.3 Å². The average molecular weight is 277 g/mol. The molecule has 0 radical (unpaired) electrons. The van der Waals surface area contributed by atoms with Gasteiger partial charge in [-0.05, 0) is 57.9 Å². The van der Waals surface area contributed by atoms with Crippen LogP contribution in [0.3, 0.4) is 0 Å². The highest BCUT2D eigenvalue weighted by atomic mass is 16.5. The van der Waals surface area contributed by atoms with Gasteiger partial charge in [-0.15, -0.1) is 0 Å². The number of hydrogen-bond acceptors (Lipinski definition) is 3. The Hall–Kier alpha value is -1.06. The second-order valence-corrected chi connectivity index (χ2v) is 6.49. The second kappa shape index (κ2) is 6.59. The highest BCUT2D eigenvalue weighted by molar-refractivity contribution is 5.39. The molecule has 112 valence electrons. The molecule has 2 rings (SSSR count). The lowest BCUT2D eigenvalue weighted by atomic mass is 10.0. The first-order valence-corrected chi connectivity index (χ1v) is 7.54. The van der Waals surface area contributed by atoms with Crippen molar-refractivity contribution in [1.82, 2.24) is 5.32 Å². The third kappa shape index (κ3) is 4.50. The van der Waals surface area contributed by atoms with Crippen molar-refractivity contribution >= 4 is 0 Å². The summed E-state index contributed by atoms with van der Waals surface area (Å²) in [4.78, 5) is 0. The van der Waals surface area contributed by atoms with Gasteiger partial charge < -0.3 is 14.8 Å². The largest absolute Gasteiger partial charge is 0.493 e. The van der Waals surface area contributed by atoms with E-state index in [-0.39, 0.29) is 5.60 Å². The second-order valence-electron chi connectivity index (χ2n) is 6.49. The molecule has 1 unspecified atom stereocenters. The highest BCUT2D eigenvalue weighted by Crippen LogP contribution is 2.26. The van der Waals surface area contributed by atoms with Crippen LogP contribution in [-0.4, -0.2) is 31.9 Å². The van der Waals surface area contributed by atoms with Crippen molar-refractivity contribution in [2.24, 2.45) is 0 Å². The zero-order chi connectivity index (χ0) is 14.6. The minimum Gasteiger partial charge on any atom is -0.493 e. The van der Waals surface area contributed by atoms with E-state index in [0.29, 0.717) is 6.04 Å². The van der Waals surface area contributed by atoms with Crippen molar-refractivity contribution in [3.63, 3.8) is 0 Å². The molecule has 0 spiro atoms. The molecule has 3 heteroatoms. The fraction of sp³-hybridized carbons (Fsp3) is 0.647. The lowest BCUT2D eigenvalue weighted by Gasteiger charge is -2.24. The Morgan fingerprint density at radius 3 is 2.85 bits per heavy atom. The molecule has 0 amide bonds. The summed E-state index contributed by atoms with van der Waals surface area (Å²) in [7, 11) is 2.01. The SMILES string of the molecule is CNC(CCc1ccc2c(c1)CCO2)COC(C)(C)C. The van der Waals surface area contributed by atoms with Gasteiger partial charge in [0.05, 0.1) is 18.8 Å². The monoisotopic (exact) mass is 277 g/mol. The summed E-state index contributed by atoms with van der Waals surface area (Å²) < 4.78 is 11.4. The molecule has 1 aromatic rings. The van der Waals surface area contributed by atoms with Crippen LogP contribution in [0.5, 0.6) is 5.75 Å². The molecule has 0 fully saturated rings. The molecule has 1 aliphatic heterocycles. The molecule has 1 heterocycles. The summed E-state index contributed by atoms with van der Waals surface area (Å²) in [6, 6.07) is 6.98. The maximum atomic E-state index is 5.86.